The molecule has 0 radical (unpaired) electrons. The molecule has 1 aliphatic heterocycles. The van der Waals surface area contributed by atoms with Crippen LogP contribution in [0.4, 0.5) is 0 Å². The van der Waals surface area contributed by atoms with Crippen LogP contribution in [0.5, 0.6) is 0 Å². The van der Waals surface area contributed by atoms with Crippen LogP contribution in [0.15, 0.2) is 18.2 Å². The van der Waals surface area contributed by atoms with Crippen molar-refractivity contribution in [3.8, 4) is 0 Å². The first-order valence-electron chi connectivity index (χ1n) is 5.85. The van der Waals surface area contributed by atoms with E-state index in [1.165, 1.54) is 4.90 Å². The van der Waals surface area contributed by atoms with Gasteiger partial charge in [-0.1, -0.05) is 29.3 Å². The first-order valence-corrected chi connectivity index (χ1v) is 6.61. The summed E-state index contributed by atoms with van der Waals surface area (Å²) >= 11 is 12.0. The molecule has 0 saturated carbocycles. The van der Waals surface area contributed by atoms with Gasteiger partial charge in [0.15, 0.2) is 0 Å². The standard InChI is InChI=1S/C13H13Cl2NO3/c1-16-11(17)5-4-9(13(18)19)12(16)8-3-2-7(14)6-10(8)15/h2-3,6,9,12H,4-5H2,1H3,(H,18,19). The lowest BCUT2D eigenvalue weighted by Gasteiger charge is -2.37. The number of nitrogens with zero attached hydrogens (tertiary/aromatic N) is 1. The molecular weight excluding hydrogens is 289 g/mol. The Morgan fingerprint density at radius 3 is 2.68 bits per heavy atom. The number of hydrogen-bond acceptors (Lipinski definition) is 2. The first-order chi connectivity index (χ1) is 8.91. The highest BCUT2D eigenvalue weighted by Crippen LogP contribution is 2.39. The SMILES string of the molecule is CN1C(=O)CCC(C(=O)O)C1c1ccc(Cl)cc1Cl. The molecule has 0 aromatic heterocycles. The monoisotopic (exact) mass is 301 g/mol. The maximum Gasteiger partial charge on any atom is 0.308 e. The van der Waals surface area contributed by atoms with Crippen LogP contribution in [-0.4, -0.2) is 28.9 Å². The van der Waals surface area contributed by atoms with Crippen molar-refractivity contribution >= 4 is 35.1 Å². The normalized spacial score (nSPS) is 23.5. The summed E-state index contributed by atoms with van der Waals surface area (Å²) < 4.78 is 0. The summed E-state index contributed by atoms with van der Waals surface area (Å²) in [7, 11) is 1.60. The number of aliphatic carboxylic acids is 1. The van der Waals surface area contributed by atoms with Crippen molar-refractivity contribution < 1.29 is 14.7 Å². The van der Waals surface area contributed by atoms with E-state index < -0.39 is 17.9 Å². The molecule has 2 atom stereocenters. The number of halogens is 2. The fraction of sp³-hybridized carbons (Fsp3) is 0.385. The molecule has 4 nitrogen and oxygen atoms in total. The molecule has 1 aromatic carbocycles. The van der Waals surface area contributed by atoms with Crippen LogP contribution >= 0.6 is 23.2 Å². The van der Waals surface area contributed by atoms with Gasteiger partial charge < -0.3 is 10.0 Å². The Morgan fingerprint density at radius 2 is 2.11 bits per heavy atom. The van der Waals surface area contributed by atoms with Gasteiger partial charge in [-0.15, -0.1) is 0 Å². The summed E-state index contributed by atoms with van der Waals surface area (Å²) in [6.07, 6.45) is 0.567. The van der Waals surface area contributed by atoms with Crippen LogP contribution in [0, 0.1) is 5.92 Å². The number of carboxylic acids is 1. The highest BCUT2D eigenvalue weighted by Gasteiger charge is 2.39. The number of rotatable bonds is 2. The Balaban J connectivity index is 2.46. The van der Waals surface area contributed by atoms with E-state index in [4.69, 9.17) is 23.2 Å². The second-order valence-corrected chi connectivity index (χ2v) is 5.44. The van der Waals surface area contributed by atoms with E-state index in [9.17, 15) is 14.7 Å². The maximum atomic E-state index is 11.8. The van der Waals surface area contributed by atoms with Crippen LogP contribution in [-0.2, 0) is 9.59 Å². The quantitative estimate of drug-likeness (QED) is 0.913. The molecule has 1 N–H and O–H groups in total. The molecule has 1 heterocycles. The van der Waals surface area contributed by atoms with Gasteiger partial charge in [0.1, 0.15) is 0 Å². The van der Waals surface area contributed by atoms with Crippen LogP contribution in [0.2, 0.25) is 10.0 Å². The topological polar surface area (TPSA) is 57.6 Å². The Morgan fingerprint density at radius 1 is 1.42 bits per heavy atom. The van der Waals surface area contributed by atoms with Gasteiger partial charge >= 0.3 is 5.97 Å². The van der Waals surface area contributed by atoms with Crippen LogP contribution in [0.3, 0.4) is 0 Å². The lowest BCUT2D eigenvalue weighted by Crippen LogP contribution is -2.43. The third kappa shape index (κ3) is 2.69. The van der Waals surface area contributed by atoms with E-state index in [-0.39, 0.29) is 12.3 Å². The summed E-state index contributed by atoms with van der Waals surface area (Å²) in [6.45, 7) is 0. The van der Waals surface area contributed by atoms with Crippen molar-refractivity contribution in [2.24, 2.45) is 5.92 Å². The molecule has 6 heteroatoms. The Hall–Kier alpha value is -1.26. The van der Waals surface area contributed by atoms with Crippen molar-refractivity contribution in [2.45, 2.75) is 18.9 Å². The van der Waals surface area contributed by atoms with Gasteiger partial charge in [-0.25, -0.2) is 0 Å². The van der Waals surface area contributed by atoms with Gasteiger partial charge in [0.2, 0.25) is 5.91 Å². The highest BCUT2D eigenvalue weighted by atomic mass is 35.5. The number of amides is 1. The van der Waals surface area contributed by atoms with Crippen molar-refractivity contribution in [2.75, 3.05) is 7.05 Å². The van der Waals surface area contributed by atoms with E-state index in [1.807, 2.05) is 0 Å². The van der Waals surface area contributed by atoms with Crippen molar-refractivity contribution in [3.63, 3.8) is 0 Å². The van der Waals surface area contributed by atoms with Gasteiger partial charge in [-0.3, -0.25) is 9.59 Å². The molecule has 1 fully saturated rings. The Labute approximate surface area is 120 Å². The zero-order valence-electron chi connectivity index (χ0n) is 10.3. The first kappa shape index (κ1) is 14.2. The molecule has 1 aromatic rings. The molecule has 1 aliphatic rings. The zero-order valence-corrected chi connectivity index (χ0v) is 11.8. The van der Waals surface area contributed by atoms with Crippen LogP contribution in [0.1, 0.15) is 24.4 Å². The molecule has 102 valence electrons. The number of hydrogen-bond donors (Lipinski definition) is 1. The summed E-state index contributed by atoms with van der Waals surface area (Å²) in [5, 5.41) is 10.2. The van der Waals surface area contributed by atoms with Gasteiger partial charge in [-0.2, -0.15) is 0 Å². The predicted molar refractivity (Wildman–Crippen MR) is 72.3 cm³/mol. The van der Waals surface area contributed by atoms with E-state index in [1.54, 1.807) is 25.2 Å². The average molecular weight is 302 g/mol. The molecule has 2 rings (SSSR count). The number of piperidine rings is 1. The lowest BCUT2D eigenvalue weighted by atomic mass is 9.84. The molecular formula is C13H13Cl2NO3. The fourth-order valence-corrected chi connectivity index (χ4v) is 2.98. The molecule has 0 aliphatic carbocycles. The summed E-state index contributed by atoms with van der Waals surface area (Å²) in [5.41, 5.74) is 0.619. The number of likely N-dealkylation sites (tertiary alicyclic amines) is 1. The van der Waals surface area contributed by atoms with Crippen molar-refractivity contribution in [1.29, 1.82) is 0 Å². The minimum absolute atomic E-state index is 0.0754. The molecule has 19 heavy (non-hydrogen) atoms. The summed E-state index contributed by atoms with van der Waals surface area (Å²) in [4.78, 5) is 24.6. The number of benzene rings is 1. The molecule has 0 bridgehead atoms. The third-order valence-corrected chi connectivity index (χ3v) is 4.02. The molecule has 1 amide bonds. The molecule has 2 unspecified atom stereocenters. The van der Waals surface area contributed by atoms with E-state index in [0.29, 0.717) is 22.0 Å². The molecule has 0 spiro atoms. The predicted octanol–water partition coefficient (Wildman–Crippen LogP) is 2.99. The fourth-order valence-electron chi connectivity index (χ4n) is 2.46. The number of carbonyl (C=O) groups is 2. The van der Waals surface area contributed by atoms with Gasteiger partial charge in [0.25, 0.3) is 0 Å². The van der Waals surface area contributed by atoms with E-state index >= 15 is 0 Å². The minimum Gasteiger partial charge on any atom is -0.481 e. The largest absolute Gasteiger partial charge is 0.481 e. The van der Waals surface area contributed by atoms with Gasteiger partial charge in [0, 0.05) is 23.5 Å². The smallest absolute Gasteiger partial charge is 0.308 e. The van der Waals surface area contributed by atoms with E-state index in [2.05, 4.69) is 0 Å². The lowest BCUT2D eigenvalue weighted by molar-refractivity contribution is -0.150. The summed E-state index contributed by atoms with van der Waals surface area (Å²) in [5.74, 6) is -1.65. The number of carbonyl (C=O) groups excluding carboxylic acids is 1. The van der Waals surface area contributed by atoms with Crippen molar-refractivity contribution in [1.82, 2.24) is 4.90 Å². The van der Waals surface area contributed by atoms with Gasteiger partial charge in [0.05, 0.1) is 12.0 Å². The second-order valence-electron chi connectivity index (χ2n) is 4.60. The van der Waals surface area contributed by atoms with Gasteiger partial charge in [-0.05, 0) is 24.1 Å². The Kier molecular flexibility index (Phi) is 4.02. The van der Waals surface area contributed by atoms with E-state index in [0.717, 1.165) is 0 Å². The molecule has 1 saturated heterocycles. The summed E-state index contributed by atoms with van der Waals surface area (Å²) in [6, 6.07) is 4.34. The van der Waals surface area contributed by atoms with Crippen LogP contribution in [0.25, 0.3) is 0 Å². The third-order valence-electron chi connectivity index (χ3n) is 3.46. The zero-order chi connectivity index (χ0) is 14.2. The number of carboxylic acid groups (broad SMARTS) is 1. The Bertz CT molecular complexity index is 533. The van der Waals surface area contributed by atoms with Crippen molar-refractivity contribution in [3.05, 3.63) is 33.8 Å². The average Bonchev–Trinajstić information content (AvgIpc) is 2.33. The minimum atomic E-state index is -0.921. The van der Waals surface area contributed by atoms with Crippen LogP contribution < -0.4 is 0 Å². The second kappa shape index (κ2) is 5.39. The highest BCUT2D eigenvalue weighted by molar-refractivity contribution is 6.35. The maximum absolute atomic E-state index is 11.8.